The normalized spacial score (nSPS) is 11.6. The van der Waals surface area contributed by atoms with Gasteiger partial charge in [0, 0.05) is 11.1 Å². The van der Waals surface area contributed by atoms with E-state index in [0.29, 0.717) is 0 Å². The molecular weight excluding hydrogens is 138 g/mol. The van der Waals surface area contributed by atoms with Gasteiger partial charge in [0.2, 0.25) is 0 Å². The lowest BCUT2D eigenvalue weighted by Crippen LogP contribution is -1.96. The molecule has 0 radical (unpaired) electrons. The Bertz CT molecular complexity index is 379. The fourth-order valence-electron chi connectivity index (χ4n) is 1.45. The maximum absolute atomic E-state index is 3.94. The van der Waals surface area contributed by atoms with Crippen molar-refractivity contribution in [2.24, 2.45) is 0 Å². The van der Waals surface area contributed by atoms with Gasteiger partial charge >= 0.3 is 0 Å². The molecule has 1 heterocycles. The van der Waals surface area contributed by atoms with Gasteiger partial charge in [-0.05, 0) is 0 Å². The minimum atomic E-state index is 1.00. The zero-order chi connectivity index (χ0) is 7.26. The van der Waals surface area contributed by atoms with Crippen LogP contribution in [0, 0.1) is 0 Å². The second kappa shape index (κ2) is 1.50. The van der Waals surface area contributed by atoms with Gasteiger partial charge in [0.15, 0.2) is 0 Å². The van der Waals surface area contributed by atoms with Crippen LogP contribution >= 0.6 is 0 Å². The highest BCUT2D eigenvalue weighted by Crippen LogP contribution is 2.43. The second-order valence-electron chi connectivity index (χ2n) is 2.58. The van der Waals surface area contributed by atoms with Crippen LogP contribution in [0.3, 0.4) is 0 Å². The third kappa shape index (κ3) is 0.452. The topological polar surface area (TPSA) is 41.6 Å². The summed E-state index contributed by atoms with van der Waals surface area (Å²) in [5.41, 5.74) is 4.50. The van der Waals surface area contributed by atoms with Crippen LogP contribution in [0.2, 0.25) is 0 Å². The molecular formula is C8H5N3. The van der Waals surface area contributed by atoms with Gasteiger partial charge in [-0.3, -0.25) is 5.10 Å². The number of aromatic amines is 1. The maximum Gasteiger partial charge on any atom is 0.121 e. The van der Waals surface area contributed by atoms with Gasteiger partial charge in [0.05, 0.1) is 5.69 Å². The molecule has 0 saturated heterocycles. The zero-order valence-corrected chi connectivity index (χ0v) is 5.70. The predicted octanol–water partition coefficient (Wildman–Crippen LogP) is 1.45. The number of hydrogen-bond donors (Lipinski definition) is 1. The number of nitrogens with zero attached hydrogens (tertiary/aromatic N) is 2. The Balaban J connectivity index is 2.38. The van der Waals surface area contributed by atoms with Crippen molar-refractivity contribution in [1.29, 1.82) is 0 Å². The average molecular weight is 143 g/mol. The quantitative estimate of drug-likeness (QED) is 0.517. The number of fused-ring (bicyclic) bond motifs is 4. The minimum Gasteiger partial charge on any atom is -0.257 e. The zero-order valence-electron chi connectivity index (χ0n) is 5.70. The van der Waals surface area contributed by atoms with Crippen LogP contribution in [-0.2, 0) is 0 Å². The molecule has 0 saturated carbocycles. The number of benzene rings is 1. The summed E-state index contributed by atoms with van der Waals surface area (Å²) in [7, 11) is 0. The second-order valence-corrected chi connectivity index (χ2v) is 2.58. The Labute approximate surface area is 63.1 Å². The van der Waals surface area contributed by atoms with Gasteiger partial charge in [-0.25, -0.2) is 0 Å². The predicted molar refractivity (Wildman–Crippen MR) is 40.8 cm³/mol. The molecule has 0 amide bonds. The Morgan fingerprint density at radius 2 is 1.91 bits per heavy atom. The largest absolute Gasteiger partial charge is 0.257 e. The molecule has 3 nitrogen and oxygen atoms in total. The molecule has 1 aliphatic rings. The molecule has 11 heavy (non-hydrogen) atoms. The lowest BCUT2D eigenvalue weighted by molar-refractivity contribution is 0.948. The number of rotatable bonds is 0. The number of aromatic nitrogens is 3. The van der Waals surface area contributed by atoms with Gasteiger partial charge in [-0.15, -0.1) is 5.10 Å². The summed E-state index contributed by atoms with van der Waals surface area (Å²) < 4.78 is 0. The summed E-state index contributed by atoms with van der Waals surface area (Å²) in [5, 5.41) is 10.5. The van der Waals surface area contributed by atoms with Crippen molar-refractivity contribution in [2.75, 3.05) is 0 Å². The van der Waals surface area contributed by atoms with Crippen molar-refractivity contribution >= 4 is 0 Å². The van der Waals surface area contributed by atoms with E-state index in [4.69, 9.17) is 0 Å². The standard InChI is InChI=1S/C8H5N3/c1-2-4-6-5(3-1)7-8(6)10-11-9-7/h1-4H,(H,9,10,11). The van der Waals surface area contributed by atoms with E-state index >= 15 is 0 Å². The molecule has 0 fully saturated rings. The molecule has 0 spiro atoms. The molecule has 1 aliphatic carbocycles. The highest BCUT2D eigenvalue weighted by molar-refractivity contribution is 5.97. The van der Waals surface area contributed by atoms with E-state index in [0.717, 1.165) is 11.4 Å². The van der Waals surface area contributed by atoms with Gasteiger partial charge < -0.3 is 0 Å². The van der Waals surface area contributed by atoms with Crippen LogP contribution in [0.1, 0.15) is 0 Å². The molecule has 0 aliphatic heterocycles. The minimum absolute atomic E-state index is 1.00. The summed E-state index contributed by atoms with van der Waals surface area (Å²) in [6.45, 7) is 0. The van der Waals surface area contributed by atoms with Gasteiger partial charge in [0.1, 0.15) is 5.69 Å². The molecule has 1 N–H and O–H groups in total. The van der Waals surface area contributed by atoms with E-state index in [1.165, 1.54) is 11.1 Å². The first-order valence-electron chi connectivity index (χ1n) is 3.47. The molecule has 1 aromatic heterocycles. The summed E-state index contributed by atoms with van der Waals surface area (Å²) >= 11 is 0. The fourth-order valence-corrected chi connectivity index (χ4v) is 1.45. The maximum atomic E-state index is 3.94. The van der Waals surface area contributed by atoms with Crippen LogP contribution < -0.4 is 0 Å². The van der Waals surface area contributed by atoms with Gasteiger partial charge in [-0.2, -0.15) is 0 Å². The van der Waals surface area contributed by atoms with Crippen molar-refractivity contribution in [3.8, 4) is 22.5 Å². The number of hydrogen-bond acceptors (Lipinski definition) is 2. The van der Waals surface area contributed by atoms with E-state index in [-0.39, 0.29) is 0 Å². The highest BCUT2D eigenvalue weighted by atomic mass is 15.3. The Morgan fingerprint density at radius 1 is 1.09 bits per heavy atom. The first-order chi connectivity index (χ1) is 5.47. The number of H-pyrrole nitrogens is 1. The molecule has 3 heteroatoms. The Morgan fingerprint density at radius 3 is 2.82 bits per heavy atom. The average Bonchev–Trinajstić information content (AvgIpc) is 2.44. The Kier molecular flexibility index (Phi) is 0.692. The van der Waals surface area contributed by atoms with Gasteiger partial charge in [-0.1, -0.05) is 29.5 Å². The molecule has 0 atom stereocenters. The fraction of sp³-hybridized carbons (Fsp3) is 0. The number of nitrogens with one attached hydrogen (secondary N) is 1. The van der Waals surface area contributed by atoms with Crippen LogP contribution in [0.4, 0.5) is 0 Å². The highest BCUT2D eigenvalue weighted by Gasteiger charge is 2.24. The van der Waals surface area contributed by atoms with Crippen molar-refractivity contribution in [3.63, 3.8) is 0 Å². The van der Waals surface area contributed by atoms with Crippen molar-refractivity contribution in [2.45, 2.75) is 0 Å². The monoisotopic (exact) mass is 143 g/mol. The van der Waals surface area contributed by atoms with E-state index in [1.54, 1.807) is 0 Å². The van der Waals surface area contributed by atoms with Crippen molar-refractivity contribution in [3.05, 3.63) is 24.3 Å². The lowest BCUT2D eigenvalue weighted by atomic mass is 9.90. The van der Waals surface area contributed by atoms with Crippen molar-refractivity contribution < 1.29 is 0 Å². The van der Waals surface area contributed by atoms with Gasteiger partial charge in [0.25, 0.3) is 0 Å². The molecule has 0 bridgehead atoms. The molecule has 0 unspecified atom stereocenters. The SMILES string of the molecule is c1ccc2c(c1)-c1nn[nH]c1-2. The van der Waals surface area contributed by atoms with E-state index in [9.17, 15) is 0 Å². The molecule has 52 valence electrons. The molecule has 2 aromatic rings. The summed E-state index contributed by atoms with van der Waals surface area (Å²) in [4.78, 5) is 0. The smallest absolute Gasteiger partial charge is 0.121 e. The van der Waals surface area contributed by atoms with Crippen LogP contribution in [0.5, 0.6) is 0 Å². The van der Waals surface area contributed by atoms with Crippen LogP contribution in [-0.4, -0.2) is 15.4 Å². The molecule has 1 aromatic carbocycles. The lowest BCUT2D eigenvalue weighted by Gasteiger charge is -2.14. The third-order valence-corrected chi connectivity index (χ3v) is 2.00. The van der Waals surface area contributed by atoms with E-state index in [2.05, 4.69) is 27.5 Å². The third-order valence-electron chi connectivity index (χ3n) is 2.00. The van der Waals surface area contributed by atoms with Crippen LogP contribution in [0.15, 0.2) is 24.3 Å². The van der Waals surface area contributed by atoms with Crippen LogP contribution in [0.25, 0.3) is 22.5 Å². The Hall–Kier alpha value is -1.64. The summed E-state index contributed by atoms with van der Waals surface area (Å²) in [6.07, 6.45) is 0. The van der Waals surface area contributed by atoms with E-state index < -0.39 is 0 Å². The first-order valence-corrected chi connectivity index (χ1v) is 3.47. The van der Waals surface area contributed by atoms with Crippen molar-refractivity contribution in [1.82, 2.24) is 15.4 Å². The van der Waals surface area contributed by atoms with E-state index in [1.807, 2.05) is 12.1 Å². The summed E-state index contributed by atoms with van der Waals surface area (Å²) in [6, 6.07) is 8.15. The first kappa shape index (κ1) is 5.07. The summed E-state index contributed by atoms with van der Waals surface area (Å²) in [5.74, 6) is 0. The molecule has 3 rings (SSSR count).